The minimum atomic E-state index is 0.222. The van der Waals surface area contributed by atoms with Gasteiger partial charge in [0.25, 0.3) is 0 Å². The highest BCUT2D eigenvalue weighted by Gasteiger charge is 2.21. The molecule has 0 aromatic heterocycles. The van der Waals surface area contributed by atoms with E-state index < -0.39 is 0 Å². The van der Waals surface area contributed by atoms with Crippen molar-refractivity contribution in [1.29, 1.82) is 0 Å². The average molecular weight is 283 g/mol. The van der Waals surface area contributed by atoms with Crippen molar-refractivity contribution in [3.05, 3.63) is 34.9 Å². The van der Waals surface area contributed by atoms with Crippen LogP contribution in [0.25, 0.3) is 0 Å². The van der Waals surface area contributed by atoms with Crippen LogP contribution in [-0.2, 0) is 0 Å². The summed E-state index contributed by atoms with van der Waals surface area (Å²) in [5, 5.41) is 0.820. The van der Waals surface area contributed by atoms with E-state index in [1.165, 1.54) is 12.8 Å². The predicted octanol–water partition coefficient (Wildman–Crippen LogP) is 4.10. The van der Waals surface area contributed by atoms with E-state index in [0.717, 1.165) is 29.6 Å². The second-order valence-electron chi connectivity index (χ2n) is 5.04. The third-order valence-corrected chi connectivity index (χ3v) is 4.33. The average Bonchev–Trinajstić information content (AvgIpc) is 2.45. The van der Waals surface area contributed by atoms with E-state index in [0.29, 0.717) is 6.54 Å². The zero-order chi connectivity index (χ0) is 14.3. The standard InChI is InChI=1S/C16H27ClN2/c1-4-13(5-2)12-19(6-3)16(11-18)14-9-7-8-10-15(14)17/h7-10,13,16H,4-6,11-12,18H2,1-3H3. The molecule has 1 aromatic carbocycles. The van der Waals surface area contributed by atoms with Crippen molar-refractivity contribution in [3.8, 4) is 0 Å². The first-order chi connectivity index (χ1) is 9.17. The fourth-order valence-corrected chi connectivity index (χ4v) is 2.83. The van der Waals surface area contributed by atoms with E-state index in [2.05, 4.69) is 31.7 Å². The first-order valence-corrected chi connectivity index (χ1v) is 7.74. The molecule has 1 unspecified atom stereocenters. The van der Waals surface area contributed by atoms with Gasteiger partial charge in [-0.3, -0.25) is 4.90 Å². The number of benzene rings is 1. The molecule has 0 fully saturated rings. The first-order valence-electron chi connectivity index (χ1n) is 7.36. The molecule has 108 valence electrons. The summed E-state index contributed by atoms with van der Waals surface area (Å²) in [6.07, 6.45) is 2.43. The molecular weight excluding hydrogens is 256 g/mol. The van der Waals surface area contributed by atoms with Crippen LogP contribution in [0.2, 0.25) is 5.02 Å². The van der Waals surface area contributed by atoms with Gasteiger partial charge in [-0.2, -0.15) is 0 Å². The molecule has 0 aliphatic carbocycles. The minimum absolute atomic E-state index is 0.222. The molecule has 1 aromatic rings. The first kappa shape index (κ1) is 16.5. The second kappa shape index (κ2) is 8.57. The molecule has 0 amide bonds. The van der Waals surface area contributed by atoms with Crippen LogP contribution in [0.1, 0.15) is 45.2 Å². The van der Waals surface area contributed by atoms with Gasteiger partial charge < -0.3 is 5.73 Å². The van der Waals surface area contributed by atoms with Gasteiger partial charge in [0.15, 0.2) is 0 Å². The van der Waals surface area contributed by atoms with E-state index in [1.54, 1.807) is 0 Å². The summed E-state index contributed by atoms with van der Waals surface area (Å²) in [4.78, 5) is 2.46. The smallest absolute Gasteiger partial charge is 0.0485 e. The van der Waals surface area contributed by atoms with Gasteiger partial charge >= 0.3 is 0 Å². The van der Waals surface area contributed by atoms with Crippen LogP contribution in [0.5, 0.6) is 0 Å². The highest BCUT2D eigenvalue weighted by Crippen LogP contribution is 2.28. The largest absolute Gasteiger partial charge is 0.329 e. The molecule has 2 nitrogen and oxygen atoms in total. The molecule has 0 saturated heterocycles. The molecule has 0 aliphatic heterocycles. The van der Waals surface area contributed by atoms with Crippen LogP contribution in [0.15, 0.2) is 24.3 Å². The normalized spacial score (nSPS) is 13.2. The lowest BCUT2D eigenvalue weighted by atomic mass is 9.99. The molecule has 0 heterocycles. The van der Waals surface area contributed by atoms with Crippen molar-refractivity contribution in [2.75, 3.05) is 19.6 Å². The van der Waals surface area contributed by atoms with Crippen molar-refractivity contribution in [3.63, 3.8) is 0 Å². The Balaban J connectivity index is 2.90. The number of rotatable bonds is 8. The van der Waals surface area contributed by atoms with Gasteiger partial charge in [-0.1, -0.05) is 63.4 Å². The second-order valence-corrected chi connectivity index (χ2v) is 5.45. The summed E-state index contributed by atoms with van der Waals surface area (Å²) >= 11 is 6.32. The van der Waals surface area contributed by atoms with Crippen molar-refractivity contribution < 1.29 is 0 Å². The Kier molecular flexibility index (Phi) is 7.44. The highest BCUT2D eigenvalue weighted by molar-refractivity contribution is 6.31. The van der Waals surface area contributed by atoms with Gasteiger partial charge in [0.05, 0.1) is 0 Å². The van der Waals surface area contributed by atoms with Crippen LogP contribution in [0.3, 0.4) is 0 Å². The maximum absolute atomic E-state index is 6.32. The monoisotopic (exact) mass is 282 g/mol. The molecule has 0 bridgehead atoms. The highest BCUT2D eigenvalue weighted by atomic mass is 35.5. The Morgan fingerprint density at radius 3 is 2.26 bits per heavy atom. The van der Waals surface area contributed by atoms with E-state index in [1.807, 2.05) is 18.2 Å². The molecule has 0 spiro atoms. The van der Waals surface area contributed by atoms with Gasteiger partial charge in [0, 0.05) is 24.2 Å². The van der Waals surface area contributed by atoms with Crippen LogP contribution < -0.4 is 5.73 Å². The van der Waals surface area contributed by atoms with E-state index in [-0.39, 0.29) is 6.04 Å². The third kappa shape index (κ3) is 4.48. The summed E-state index contributed by atoms with van der Waals surface area (Å²) in [5.74, 6) is 0.733. The lowest BCUT2D eigenvalue weighted by molar-refractivity contribution is 0.174. The number of hydrogen-bond acceptors (Lipinski definition) is 2. The van der Waals surface area contributed by atoms with Crippen molar-refractivity contribution in [1.82, 2.24) is 4.90 Å². The van der Waals surface area contributed by atoms with Crippen LogP contribution in [0.4, 0.5) is 0 Å². The number of likely N-dealkylation sites (N-methyl/N-ethyl adjacent to an activating group) is 1. The summed E-state index contributed by atoms with van der Waals surface area (Å²) in [6, 6.07) is 8.27. The number of nitrogens with zero attached hydrogens (tertiary/aromatic N) is 1. The lowest BCUT2D eigenvalue weighted by Crippen LogP contribution is -2.37. The molecule has 1 atom stereocenters. The van der Waals surface area contributed by atoms with Crippen LogP contribution in [-0.4, -0.2) is 24.5 Å². The quantitative estimate of drug-likeness (QED) is 0.778. The van der Waals surface area contributed by atoms with Gasteiger partial charge in [0.2, 0.25) is 0 Å². The molecule has 0 saturated carbocycles. The van der Waals surface area contributed by atoms with Gasteiger partial charge in [0.1, 0.15) is 0 Å². The third-order valence-electron chi connectivity index (χ3n) is 3.98. The predicted molar refractivity (Wildman–Crippen MR) is 84.6 cm³/mol. The number of nitrogens with two attached hydrogens (primary N) is 1. The topological polar surface area (TPSA) is 29.3 Å². The Morgan fingerprint density at radius 1 is 1.16 bits per heavy atom. The fourth-order valence-electron chi connectivity index (χ4n) is 2.57. The molecule has 2 N–H and O–H groups in total. The van der Waals surface area contributed by atoms with Gasteiger partial charge in [-0.05, 0) is 24.1 Å². The maximum Gasteiger partial charge on any atom is 0.0485 e. The van der Waals surface area contributed by atoms with Gasteiger partial charge in [-0.25, -0.2) is 0 Å². The molecule has 1 rings (SSSR count). The van der Waals surface area contributed by atoms with Crippen molar-refractivity contribution in [2.45, 2.75) is 39.7 Å². The fraction of sp³-hybridized carbons (Fsp3) is 0.625. The maximum atomic E-state index is 6.32. The summed E-state index contributed by atoms with van der Waals surface area (Å²) in [7, 11) is 0. The van der Waals surface area contributed by atoms with E-state index in [9.17, 15) is 0 Å². The van der Waals surface area contributed by atoms with Crippen molar-refractivity contribution >= 4 is 11.6 Å². The summed E-state index contributed by atoms with van der Waals surface area (Å²) in [5.41, 5.74) is 7.16. The number of halogens is 1. The van der Waals surface area contributed by atoms with Crippen LogP contribution in [0, 0.1) is 5.92 Å². The van der Waals surface area contributed by atoms with E-state index in [4.69, 9.17) is 17.3 Å². The minimum Gasteiger partial charge on any atom is -0.329 e. The van der Waals surface area contributed by atoms with Crippen molar-refractivity contribution in [2.24, 2.45) is 11.7 Å². The van der Waals surface area contributed by atoms with Crippen LogP contribution >= 0.6 is 11.6 Å². The zero-order valence-electron chi connectivity index (χ0n) is 12.4. The number of hydrogen-bond donors (Lipinski definition) is 1. The Hall–Kier alpha value is -0.570. The lowest BCUT2D eigenvalue weighted by Gasteiger charge is -2.33. The summed E-state index contributed by atoms with van der Waals surface area (Å²) in [6.45, 7) is 9.42. The Labute approximate surface area is 122 Å². The molecule has 3 heteroatoms. The SMILES string of the molecule is CCC(CC)CN(CC)C(CN)c1ccccc1Cl. The molecule has 0 aliphatic rings. The zero-order valence-corrected chi connectivity index (χ0v) is 13.2. The van der Waals surface area contributed by atoms with E-state index >= 15 is 0 Å². The molecule has 0 radical (unpaired) electrons. The molecule has 19 heavy (non-hydrogen) atoms. The Morgan fingerprint density at radius 2 is 1.79 bits per heavy atom. The summed E-state index contributed by atoms with van der Waals surface area (Å²) < 4.78 is 0. The van der Waals surface area contributed by atoms with Gasteiger partial charge in [-0.15, -0.1) is 0 Å². The molecular formula is C16H27ClN2. The Bertz CT molecular complexity index is 364.